The van der Waals surface area contributed by atoms with Crippen LogP contribution in [0, 0.1) is 5.41 Å². The van der Waals surface area contributed by atoms with Crippen LogP contribution in [0.4, 0.5) is 0 Å². The maximum absolute atomic E-state index is 11.4. The third kappa shape index (κ3) is 8.19. The first kappa shape index (κ1) is 22.4. The van der Waals surface area contributed by atoms with Crippen LogP contribution in [0.25, 0.3) is 0 Å². The van der Waals surface area contributed by atoms with Gasteiger partial charge in [-0.2, -0.15) is 0 Å². The van der Waals surface area contributed by atoms with Crippen molar-refractivity contribution in [3.8, 4) is 0 Å². The smallest absolute Gasteiger partial charge is 0.219 e. The molecule has 0 aromatic carbocycles. The van der Waals surface area contributed by atoms with Crippen molar-refractivity contribution in [3.05, 3.63) is 0 Å². The van der Waals surface area contributed by atoms with Crippen molar-refractivity contribution in [1.29, 1.82) is 0 Å². The van der Waals surface area contributed by atoms with Gasteiger partial charge in [0.05, 0.1) is 0 Å². The van der Waals surface area contributed by atoms with Gasteiger partial charge in [0.25, 0.3) is 0 Å². The molecule has 6 nitrogen and oxygen atoms in total. The number of hydrogen-bond donors (Lipinski definition) is 1. The van der Waals surface area contributed by atoms with Crippen LogP contribution < -0.4 is 5.32 Å². The summed E-state index contributed by atoms with van der Waals surface area (Å²) in [5.41, 5.74) is 0.144. The molecular formula is C16H34IN5O. The molecule has 1 saturated heterocycles. The first-order chi connectivity index (χ1) is 10.2. The van der Waals surface area contributed by atoms with Crippen LogP contribution in [0.3, 0.4) is 0 Å². The summed E-state index contributed by atoms with van der Waals surface area (Å²) in [6.45, 7) is 14.1. The lowest BCUT2D eigenvalue weighted by atomic mass is 9.93. The zero-order valence-corrected chi connectivity index (χ0v) is 17.9. The number of carbonyl (C=O) groups is 1. The second kappa shape index (κ2) is 10.3. The lowest BCUT2D eigenvalue weighted by Crippen LogP contribution is -2.53. The van der Waals surface area contributed by atoms with E-state index in [1.54, 1.807) is 6.92 Å². The third-order valence-corrected chi connectivity index (χ3v) is 3.76. The quantitative estimate of drug-likeness (QED) is 0.399. The molecule has 0 unspecified atom stereocenters. The van der Waals surface area contributed by atoms with Gasteiger partial charge >= 0.3 is 0 Å². The van der Waals surface area contributed by atoms with Gasteiger partial charge in [0.15, 0.2) is 5.96 Å². The maximum atomic E-state index is 11.4. The normalized spacial score (nSPS) is 16.4. The fraction of sp³-hybridized carbons (Fsp3) is 0.875. The highest BCUT2D eigenvalue weighted by molar-refractivity contribution is 14.0. The van der Waals surface area contributed by atoms with E-state index >= 15 is 0 Å². The summed E-state index contributed by atoms with van der Waals surface area (Å²) in [6, 6.07) is 0. The summed E-state index contributed by atoms with van der Waals surface area (Å²) in [4.78, 5) is 22.6. The van der Waals surface area contributed by atoms with Crippen LogP contribution in [0.1, 0.15) is 27.7 Å². The average Bonchev–Trinajstić information content (AvgIpc) is 2.42. The number of nitrogens with zero attached hydrogens (tertiary/aromatic N) is 4. The first-order valence-electron chi connectivity index (χ1n) is 8.18. The fourth-order valence-corrected chi connectivity index (χ4v) is 2.85. The Morgan fingerprint density at radius 2 is 1.70 bits per heavy atom. The number of hydrogen-bond acceptors (Lipinski definition) is 3. The van der Waals surface area contributed by atoms with Crippen LogP contribution in [0.5, 0.6) is 0 Å². The Kier molecular flexibility index (Phi) is 10.1. The first-order valence-corrected chi connectivity index (χ1v) is 8.18. The van der Waals surface area contributed by atoms with E-state index in [0.29, 0.717) is 0 Å². The molecule has 0 radical (unpaired) electrons. The number of aliphatic imine (C=N–C) groups is 1. The van der Waals surface area contributed by atoms with Gasteiger partial charge in [0.1, 0.15) is 0 Å². The number of piperazine rings is 1. The molecule has 0 spiro atoms. The lowest BCUT2D eigenvalue weighted by Gasteiger charge is -2.36. The molecule has 1 N–H and O–H groups in total. The summed E-state index contributed by atoms with van der Waals surface area (Å²) in [6.07, 6.45) is 0. The molecule has 1 fully saturated rings. The highest BCUT2D eigenvalue weighted by Gasteiger charge is 2.23. The highest BCUT2D eigenvalue weighted by atomic mass is 127. The Morgan fingerprint density at radius 3 is 2.13 bits per heavy atom. The molecule has 1 aliphatic rings. The van der Waals surface area contributed by atoms with Crippen molar-refractivity contribution < 1.29 is 4.79 Å². The van der Waals surface area contributed by atoms with Crippen LogP contribution >= 0.6 is 24.0 Å². The number of rotatable bonds is 5. The standard InChI is InChI=1S/C16H33N5O.HI/c1-7-17-15(18-12-16(3,4)13-19(5)6)21-10-8-20(9-11-21)14(2)22;/h7-13H2,1-6H3,(H,17,18);1H. The number of halogens is 1. The summed E-state index contributed by atoms with van der Waals surface area (Å²) in [5, 5.41) is 3.38. The summed E-state index contributed by atoms with van der Waals surface area (Å²) in [7, 11) is 4.19. The third-order valence-electron chi connectivity index (χ3n) is 3.76. The Morgan fingerprint density at radius 1 is 1.17 bits per heavy atom. The van der Waals surface area contributed by atoms with E-state index in [1.165, 1.54) is 0 Å². The number of guanidine groups is 1. The van der Waals surface area contributed by atoms with E-state index in [4.69, 9.17) is 4.99 Å². The predicted octanol–water partition coefficient (Wildman–Crippen LogP) is 1.32. The zero-order chi connectivity index (χ0) is 16.8. The van der Waals surface area contributed by atoms with Gasteiger partial charge in [-0.1, -0.05) is 13.8 Å². The molecule has 1 aliphatic heterocycles. The molecule has 23 heavy (non-hydrogen) atoms. The fourth-order valence-electron chi connectivity index (χ4n) is 2.85. The Hall–Kier alpha value is -0.570. The van der Waals surface area contributed by atoms with Crippen LogP contribution in [0.2, 0.25) is 0 Å². The van der Waals surface area contributed by atoms with Crippen molar-refractivity contribution in [3.63, 3.8) is 0 Å². The minimum absolute atomic E-state index is 0. The van der Waals surface area contributed by atoms with Gasteiger partial charge in [-0.05, 0) is 26.4 Å². The summed E-state index contributed by atoms with van der Waals surface area (Å²) in [5.74, 6) is 1.13. The van der Waals surface area contributed by atoms with Crippen LogP contribution in [-0.2, 0) is 4.79 Å². The minimum Gasteiger partial charge on any atom is -0.357 e. The SMILES string of the molecule is CCNC(=NCC(C)(C)CN(C)C)N1CCN(C(C)=O)CC1.I. The topological polar surface area (TPSA) is 51.2 Å². The lowest BCUT2D eigenvalue weighted by molar-refractivity contribution is -0.130. The molecule has 1 amide bonds. The second-order valence-electron chi connectivity index (χ2n) is 7.07. The monoisotopic (exact) mass is 439 g/mol. The molecule has 0 aliphatic carbocycles. The number of carbonyl (C=O) groups excluding carboxylic acids is 1. The van der Waals surface area contributed by atoms with E-state index in [1.807, 2.05) is 4.90 Å². The molecule has 0 aromatic rings. The average molecular weight is 439 g/mol. The molecule has 7 heteroatoms. The van der Waals surface area contributed by atoms with Crippen LogP contribution in [-0.4, -0.2) is 86.5 Å². The molecular weight excluding hydrogens is 405 g/mol. The minimum atomic E-state index is 0. The largest absolute Gasteiger partial charge is 0.357 e. The van der Waals surface area contributed by atoms with Crippen molar-refractivity contribution in [2.24, 2.45) is 10.4 Å². The Bertz CT molecular complexity index is 390. The van der Waals surface area contributed by atoms with Gasteiger partial charge in [-0.25, -0.2) is 0 Å². The Balaban J connectivity index is 0.00000484. The van der Waals surface area contributed by atoms with Crippen molar-refractivity contribution >= 4 is 35.8 Å². The molecule has 0 atom stereocenters. The number of nitrogens with one attached hydrogen (secondary N) is 1. The molecule has 136 valence electrons. The van der Waals surface area contributed by atoms with Gasteiger partial charge in [-0.3, -0.25) is 9.79 Å². The highest BCUT2D eigenvalue weighted by Crippen LogP contribution is 2.16. The van der Waals surface area contributed by atoms with E-state index < -0.39 is 0 Å². The van der Waals surface area contributed by atoms with E-state index in [-0.39, 0.29) is 35.3 Å². The van der Waals surface area contributed by atoms with Crippen molar-refractivity contribution in [1.82, 2.24) is 20.0 Å². The molecule has 0 saturated carbocycles. The van der Waals surface area contributed by atoms with Gasteiger partial charge < -0.3 is 20.0 Å². The maximum Gasteiger partial charge on any atom is 0.219 e. The number of amides is 1. The summed E-state index contributed by atoms with van der Waals surface area (Å²) < 4.78 is 0. The molecule has 0 aromatic heterocycles. The van der Waals surface area contributed by atoms with E-state index in [0.717, 1.165) is 51.8 Å². The predicted molar refractivity (Wildman–Crippen MR) is 108 cm³/mol. The Labute approximate surface area is 158 Å². The van der Waals surface area contributed by atoms with Gasteiger partial charge in [0.2, 0.25) is 5.91 Å². The van der Waals surface area contributed by atoms with Crippen molar-refractivity contribution in [2.45, 2.75) is 27.7 Å². The van der Waals surface area contributed by atoms with Crippen molar-refractivity contribution in [2.75, 3.05) is 59.9 Å². The molecule has 0 bridgehead atoms. The molecule has 1 rings (SSSR count). The summed E-state index contributed by atoms with van der Waals surface area (Å²) >= 11 is 0. The van der Waals surface area contributed by atoms with Gasteiger partial charge in [-0.15, -0.1) is 24.0 Å². The van der Waals surface area contributed by atoms with E-state index in [9.17, 15) is 4.79 Å². The van der Waals surface area contributed by atoms with Gasteiger partial charge in [0, 0.05) is 52.7 Å². The zero-order valence-electron chi connectivity index (χ0n) is 15.6. The molecule has 1 heterocycles. The van der Waals surface area contributed by atoms with Crippen LogP contribution in [0.15, 0.2) is 4.99 Å². The second-order valence-corrected chi connectivity index (χ2v) is 7.07. The van der Waals surface area contributed by atoms with E-state index in [2.05, 4.69) is 50.0 Å².